The fourth-order valence-corrected chi connectivity index (χ4v) is 9.27. The van der Waals surface area contributed by atoms with E-state index in [4.69, 9.17) is 4.42 Å². The van der Waals surface area contributed by atoms with Crippen LogP contribution in [0.15, 0.2) is 192 Å². The maximum absolute atomic E-state index is 6.68. The smallest absolute Gasteiger partial charge is 0.143 e. The molecule has 0 aliphatic rings. The minimum Gasteiger partial charge on any atom is -0.455 e. The van der Waals surface area contributed by atoms with Crippen molar-refractivity contribution in [3.8, 4) is 22.3 Å². The molecule has 0 radical (unpaired) electrons. The van der Waals surface area contributed by atoms with Crippen LogP contribution in [0.5, 0.6) is 0 Å². The second-order valence-corrected chi connectivity index (χ2v) is 14.7. The highest BCUT2D eigenvalue weighted by molar-refractivity contribution is 7.26. The summed E-state index contributed by atoms with van der Waals surface area (Å²) in [6.07, 6.45) is 0. The number of furan rings is 1. The molecule has 0 saturated carbocycles. The van der Waals surface area contributed by atoms with Crippen LogP contribution in [-0.4, -0.2) is 0 Å². The number of anilines is 3. The van der Waals surface area contributed by atoms with Gasteiger partial charge in [0, 0.05) is 31.9 Å². The Labute approximate surface area is 310 Å². The minimum atomic E-state index is 0.880. The minimum absolute atomic E-state index is 0.880. The molecule has 0 unspecified atom stereocenters. The second kappa shape index (κ2) is 11.9. The average Bonchev–Trinajstić information content (AvgIpc) is 3.81. The van der Waals surface area contributed by atoms with Gasteiger partial charge in [0.15, 0.2) is 0 Å². The van der Waals surface area contributed by atoms with Crippen molar-refractivity contribution in [3.63, 3.8) is 0 Å². The van der Waals surface area contributed by atoms with Gasteiger partial charge in [-0.15, -0.1) is 11.3 Å². The van der Waals surface area contributed by atoms with E-state index in [-0.39, 0.29) is 0 Å². The maximum Gasteiger partial charge on any atom is 0.143 e. The number of nitrogens with zero attached hydrogens (tertiary/aromatic N) is 1. The van der Waals surface area contributed by atoms with Crippen LogP contribution < -0.4 is 4.90 Å². The van der Waals surface area contributed by atoms with E-state index in [9.17, 15) is 0 Å². The van der Waals surface area contributed by atoms with Crippen molar-refractivity contribution in [2.45, 2.75) is 0 Å². The van der Waals surface area contributed by atoms with Crippen molar-refractivity contribution < 1.29 is 4.42 Å². The van der Waals surface area contributed by atoms with Crippen LogP contribution in [-0.2, 0) is 0 Å². The maximum atomic E-state index is 6.68. The molecule has 11 rings (SSSR count). The third-order valence-electron chi connectivity index (χ3n) is 10.7. The molecule has 0 saturated heterocycles. The number of thiophene rings is 1. The lowest BCUT2D eigenvalue weighted by atomic mass is 9.98. The van der Waals surface area contributed by atoms with E-state index in [1.807, 2.05) is 11.3 Å². The normalized spacial score (nSPS) is 11.8. The zero-order valence-electron chi connectivity index (χ0n) is 28.7. The van der Waals surface area contributed by atoms with Gasteiger partial charge in [-0.1, -0.05) is 140 Å². The Morgan fingerprint density at radius 3 is 1.83 bits per heavy atom. The molecular formula is C50H31NOS. The molecule has 0 aliphatic heterocycles. The fraction of sp³-hybridized carbons (Fsp3) is 0. The summed E-state index contributed by atoms with van der Waals surface area (Å²) in [6.45, 7) is 0. The van der Waals surface area contributed by atoms with Crippen molar-refractivity contribution in [2.75, 3.05) is 4.90 Å². The van der Waals surface area contributed by atoms with Crippen LogP contribution in [0.1, 0.15) is 0 Å². The molecule has 0 spiro atoms. The molecule has 0 fully saturated rings. The number of rotatable bonds is 5. The Bertz CT molecular complexity index is 3170. The van der Waals surface area contributed by atoms with Gasteiger partial charge in [0.1, 0.15) is 11.2 Å². The van der Waals surface area contributed by atoms with E-state index < -0.39 is 0 Å². The van der Waals surface area contributed by atoms with Crippen LogP contribution in [0, 0.1) is 0 Å². The Morgan fingerprint density at radius 1 is 0.396 bits per heavy atom. The van der Waals surface area contributed by atoms with E-state index in [1.54, 1.807) is 0 Å². The van der Waals surface area contributed by atoms with Crippen LogP contribution in [0.4, 0.5) is 17.1 Å². The summed E-state index contributed by atoms with van der Waals surface area (Å²) in [5.41, 5.74) is 9.95. The lowest BCUT2D eigenvalue weighted by molar-refractivity contribution is 0.672. The summed E-state index contributed by atoms with van der Waals surface area (Å²) >= 11 is 1.85. The molecule has 53 heavy (non-hydrogen) atoms. The van der Waals surface area contributed by atoms with E-state index >= 15 is 0 Å². The number of benzene rings is 9. The van der Waals surface area contributed by atoms with Crippen molar-refractivity contribution in [2.24, 2.45) is 0 Å². The highest BCUT2D eigenvalue weighted by atomic mass is 32.1. The van der Waals surface area contributed by atoms with Gasteiger partial charge in [0.2, 0.25) is 0 Å². The standard InChI is InChI=1S/C50H31NOS/c1-2-11-37-31-38(24-23-32(37)9-1)35-21-19-33(20-22-35)34-25-28-39(29-26-34)51(45-16-7-14-42-41-13-5-6-18-47(41)53-50(42)45)44-15-8-17-46-48(44)43-30-27-36-10-3-4-12-40(36)49(43)52-46/h1-31H. The van der Waals surface area contributed by atoms with E-state index in [1.165, 1.54) is 58.6 Å². The van der Waals surface area contributed by atoms with Gasteiger partial charge in [-0.05, 0) is 86.9 Å². The van der Waals surface area contributed by atoms with Gasteiger partial charge in [0.25, 0.3) is 0 Å². The zero-order valence-corrected chi connectivity index (χ0v) is 29.5. The predicted octanol–water partition coefficient (Wildman–Crippen LogP) is 15.1. The average molecular weight is 694 g/mol. The molecule has 0 amide bonds. The molecule has 2 nitrogen and oxygen atoms in total. The Morgan fingerprint density at radius 2 is 1.00 bits per heavy atom. The van der Waals surface area contributed by atoms with Gasteiger partial charge in [0.05, 0.1) is 21.5 Å². The summed E-state index contributed by atoms with van der Waals surface area (Å²) in [5, 5.41) is 9.60. The van der Waals surface area contributed by atoms with Crippen molar-refractivity contribution in [1.29, 1.82) is 0 Å². The topological polar surface area (TPSA) is 16.4 Å². The Kier molecular flexibility index (Phi) is 6.76. The Balaban J connectivity index is 1.06. The van der Waals surface area contributed by atoms with Crippen LogP contribution >= 0.6 is 11.3 Å². The monoisotopic (exact) mass is 693 g/mol. The number of hydrogen-bond donors (Lipinski definition) is 0. The quantitative estimate of drug-likeness (QED) is 0.178. The van der Waals surface area contributed by atoms with Gasteiger partial charge >= 0.3 is 0 Å². The molecule has 0 bridgehead atoms. The van der Waals surface area contributed by atoms with Crippen LogP contribution in [0.2, 0.25) is 0 Å². The molecule has 3 heteroatoms. The van der Waals surface area contributed by atoms with Crippen molar-refractivity contribution in [3.05, 3.63) is 188 Å². The fourth-order valence-electron chi connectivity index (χ4n) is 8.06. The van der Waals surface area contributed by atoms with Crippen LogP contribution in [0.3, 0.4) is 0 Å². The highest BCUT2D eigenvalue weighted by Crippen LogP contribution is 2.48. The molecule has 9 aromatic carbocycles. The molecule has 248 valence electrons. The molecule has 11 aromatic rings. The van der Waals surface area contributed by atoms with Gasteiger partial charge < -0.3 is 9.32 Å². The highest BCUT2D eigenvalue weighted by Gasteiger charge is 2.23. The first-order valence-corrected chi connectivity index (χ1v) is 18.8. The van der Waals surface area contributed by atoms with Crippen molar-refractivity contribution in [1.82, 2.24) is 0 Å². The molecule has 2 aromatic heterocycles. The van der Waals surface area contributed by atoms with E-state index in [2.05, 4.69) is 193 Å². The molecule has 0 aliphatic carbocycles. The van der Waals surface area contributed by atoms with Crippen molar-refractivity contribution >= 4 is 92.1 Å². The summed E-state index contributed by atoms with van der Waals surface area (Å²) in [4.78, 5) is 2.43. The summed E-state index contributed by atoms with van der Waals surface area (Å²) in [5.74, 6) is 0. The summed E-state index contributed by atoms with van der Waals surface area (Å²) in [7, 11) is 0. The zero-order chi connectivity index (χ0) is 34.9. The Hall–Kier alpha value is -6.68. The third-order valence-corrected chi connectivity index (χ3v) is 11.9. The first kappa shape index (κ1) is 30.0. The summed E-state index contributed by atoms with van der Waals surface area (Å²) in [6, 6.07) is 67.9. The van der Waals surface area contributed by atoms with Crippen LogP contribution in [0.25, 0.3) is 85.9 Å². The predicted molar refractivity (Wildman–Crippen MR) is 227 cm³/mol. The SMILES string of the molecule is c1ccc2cc(-c3ccc(-c4ccc(N(c5cccc6c5sc5ccccc56)c5cccc6oc7c8ccccc8ccc7c56)cc4)cc3)ccc2c1. The lowest BCUT2D eigenvalue weighted by Gasteiger charge is -2.27. The lowest BCUT2D eigenvalue weighted by Crippen LogP contribution is -2.10. The van der Waals surface area contributed by atoms with E-state index in [0.717, 1.165) is 44.4 Å². The summed E-state index contributed by atoms with van der Waals surface area (Å²) < 4.78 is 9.23. The molecular weight excluding hydrogens is 663 g/mol. The van der Waals surface area contributed by atoms with Gasteiger partial charge in [-0.25, -0.2) is 0 Å². The first-order valence-electron chi connectivity index (χ1n) is 18.0. The molecule has 0 N–H and O–H groups in total. The van der Waals surface area contributed by atoms with E-state index in [0.29, 0.717) is 0 Å². The third kappa shape index (κ3) is 4.86. The van der Waals surface area contributed by atoms with Gasteiger partial charge in [-0.3, -0.25) is 0 Å². The number of fused-ring (bicyclic) bond motifs is 9. The largest absolute Gasteiger partial charge is 0.455 e. The molecule has 2 heterocycles. The second-order valence-electron chi connectivity index (χ2n) is 13.7. The first-order chi connectivity index (χ1) is 26.3. The molecule has 0 atom stereocenters. The van der Waals surface area contributed by atoms with Gasteiger partial charge in [-0.2, -0.15) is 0 Å². The number of hydrogen-bond acceptors (Lipinski definition) is 3.